The average Bonchev–Trinajstić information content (AvgIpc) is 2.35. The maximum Gasteiger partial charge on any atom is 0.113 e. The lowest BCUT2D eigenvalue weighted by molar-refractivity contribution is 1.62. The number of rotatable bonds is 0. The van der Waals surface area contributed by atoms with E-state index >= 15 is 0 Å². The molecule has 72 valence electrons. The van der Waals surface area contributed by atoms with Crippen LogP contribution in [0.3, 0.4) is 0 Å². The van der Waals surface area contributed by atoms with Gasteiger partial charge in [0.1, 0.15) is 47.1 Å². The van der Waals surface area contributed by atoms with Crippen LogP contribution >= 0.6 is 9.24 Å². The summed E-state index contributed by atoms with van der Waals surface area (Å²) in [7, 11) is 38.1. The van der Waals surface area contributed by atoms with Crippen LogP contribution in [0.15, 0.2) is 0 Å². The summed E-state index contributed by atoms with van der Waals surface area (Å²) in [6, 6.07) is 0. The van der Waals surface area contributed by atoms with Crippen LogP contribution in [0, 0.1) is 6.92 Å². The number of fused-ring (bicyclic) bond motifs is 1. The van der Waals surface area contributed by atoms with Gasteiger partial charge in [-0.15, -0.1) is 25.6 Å². The van der Waals surface area contributed by atoms with E-state index in [9.17, 15) is 0 Å². The maximum absolute atomic E-state index is 5.99. The molecule has 0 fully saturated rings. The molecule has 0 nitrogen and oxygen atoms in total. The zero-order valence-electron chi connectivity index (χ0n) is 10.0. The molecular weight excluding hydrogens is 228 g/mol. The Balaban J connectivity index is 3.22. The molecule has 7 heteroatoms. The van der Waals surface area contributed by atoms with Crippen molar-refractivity contribution in [1.82, 2.24) is 0 Å². The zero-order chi connectivity index (χ0) is 13.8. The highest BCUT2D eigenvalue weighted by Crippen LogP contribution is 2.10. The Morgan fingerprint density at radius 1 is 0.611 bits per heavy atom. The second-order valence-electron chi connectivity index (χ2n) is 4.27. The SMILES string of the molecule is [B]c1c([B])c(C)c2c(P)c([B])c([B])c([B])c2c1[B]. The van der Waals surface area contributed by atoms with E-state index in [-0.39, 0.29) is 0 Å². The fraction of sp³-hybridized carbons (Fsp3) is 0.0909. The van der Waals surface area contributed by atoms with Gasteiger partial charge in [0.25, 0.3) is 0 Å². The molecule has 2 aromatic carbocycles. The first-order valence-corrected chi connectivity index (χ1v) is 5.85. The van der Waals surface area contributed by atoms with Gasteiger partial charge < -0.3 is 0 Å². The number of hydrogen-bond donors (Lipinski definition) is 0. The van der Waals surface area contributed by atoms with Gasteiger partial charge in [0.15, 0.2) is 0 Å². The fourth-order valence-corrected chi connectivity index (χ4v) is 2.63. The third-order valence-electron chi connectivity index (χ3n) is 3.29. The third-order valence-corrected chi connectivity index (χ3v) is 3.89. The highest BCUT2D eigenvalue weighted by molar-refractivity contribution is 7.29. The normalized spacial score (nSPS) is 11.0. The van der Waals surface area contributed by atoms with Gasteiger partial charge >= 0.3 is 0 Å². The largest absolute Gasteiger partial charge is 0.113 e. The maximum atomic E-state index is 5.99. The lowest BCUT2D eigenvalue weighted by atomic mass is 9.63. The molecule has 0 aliphatic heterocycles. The molecule has 1 unspecified atom stereocenters. The lowest BCUT2D eigenvalue weighted by Crippen LogP contribution is -2.51. The van der Waals surface area contributed by atoms with E-state index in [1.807, 2.05) is 6.92 Å². The summed E-state index contributed by atoms with van der Waals surface area (Å²) in [6.45, 7) is 1.84. The van der Waals surface area contributed by atoms with Crippen LogP contribution in [0.5, 0.6) is 0 Å². The third kappa shape index (κ3) is 1.73. The van der Waals surface area contributed by atoms with Crippen molar-refractivity contribution in [2.45, 2.75) is 6.92 Å². The second-order valence-corrected chi connectivity index (χ2v) is 4.85. The number of aryl methyl sites for hydroxylation is 1. The van der Waals surface area contributed by atoms with Gasteiger partial charge in [-0.3, -0.25) is 0 Å². The van der Waals surface area contributed by atoms with Gasteiger partial charge in [0.2, 0.25) is 0 Å². The summed E-state index contributed by atoms with van der Waals surface area (Å²) in [5, 5.41) is 2.12. The fourth-order valence-electron chi connectivity index (χ4n) is 2.11. The standard InChI is InChI=1S/C11H5B6P/c1-2-3-4(6(13)8(15)5(2)12)7(14)9(16)10(17)11(3)18/h18H2,1H3. The monoisotopic (exact) mass is 234 g/mol. The Kier molecular flexibility index (Phi) is 3.54. The van der Waals surface area contributed by atoms with Crippen molar-refractivity contribution in [2.75, 3.05) is 0 Å². The minimum atomic E-state index is 0.308. The average molecular weight is 233 g/mol. The molecule has 12 radical (unpaired) electrons. The topological polar surface area (TPSA) is 0 Å². The van der Waals surface area contributed by atoms with Crippen LogP contribution < -0.4 is 38.1 Å². The Morgan fingerprint density at radius 3 is 1.56 bits per heavy atom. The van der Waals surface area contributed by atoms with Crippen LogP contribution in [-0.4, -0.2) is 47.1 Å². The summed E-state index contributed by atoms with van der Waals surface area (Å²) >= 11 is 0. The van der Waals surface area contributed by atoms with Gasteiger partial charge in [0, 0.05) is 0 Å². The zero-order valence-corrected chi connectivity index (χ0v) is 11.2. The number of benzene rings is 2. The van der Waals surface area contributed by atoms with Gasteiger partial charge in [-0.25, -0.2) is 0 Å². The van der Waals surface area contributed by atoms with E-state index in [1.54, 1.807) is 0 Å². The summed E-state index contributed by atoms with van der Waals surface area (Å²) in [6.07, 6.45) is 0. The quantitative estimate of drug-likeness (QED) is 0.317. The molecule has 0 N–H and O–H groups in total. The van der Waals surface area contributed by atoms with E-state index in [0.29, 0.717) is 38.2 Å². The molecular formula is C11H5B6P. The molecule has 0 saturated heterocycles. The van der Waals surface area contributed by atoms with Crippen molar-refractivity contribution in [2.24, 2.45) is 0 Å². The first kappa shape index (κ1) is 13.9. The molecule has 0 aliphatic carbocycles. The Labute approximate surface area is 118 Å². The van der Waals surface area contributed by atoms with Crippen molar-refractivity contribution < 1.29 is 0 Å². The van der Waals surface area contributed by atoms with Crippen molar-refractivity contribution >= 4 is 105 Å². The smallest absolute Gasteiger partial charge is 0.110 e. The first-order valence-electron chi connectivity index (χ1n) is 5.27. The second kappa shape index (κ2) is 4.57. The molecule has 2 aromatic rings. The predicted molar refractivity (Wildman–Crippen MR) is 90.4 cm³/mol. The highest BCUT2D eigenvalue weighted by Gasteiger charge is 2.14. The minimum Gasteiger partial charge on any atom is -0.110 e. The molecule has 0 amide bonds. The first-order chi connectivity index (χ1) is 8.29. The predicted octanol–water partition coefficient (Wildman–Crippen LogP) is -4.59. The van der Waals surface area contributed by atoms with Crippen LogP contribution in [0.2, 0.25) is 0 Å². The van der Waals surface area contributed by atoms with Crippen LogP contribution in [0.4, 0.5) is 0 Å². The van der Waals surface area contributed by atoms with E-state index in [2.05, 4.69) is 9.24 Å². The van der Waals surface area contributed by atoms with E-state index < -0.39 is 0 Å². The van der Waals surface area contributed by atoms with Gasteiger partial charge in [-0.05, 0) is 23.0 Å². The van der Waals surface area contributed by atoms with Crippen molar-refractivity contribution in [1.29, 1.82) is 0 Å². The Morgan fingerprint density at radius 2 is 1.06 bits per heavy atom. The Bertz CT molecular complexity index is 567. The molecule has 0 aromatic heterocycles. The Hall–Kier alpha value is -0.480. The summed E-state index contributed by atoms with van der Waals surface area (Å²) in [5.41, 5.74) is 2.94. The van der Waals surface area contributed by atoms with E-state index in [1.165, 1.54) is 0 Å². The summed E-state index contributed by atoms with van der Waals surface area (Å²) in [5.74, 6) is 0. The molecule has 0 saturated carbocycles. The van der Waals surface area contributed by atoms with Crippen LogP contribution in [0.1, 0.15) is 5.56 Å². The van der Waals surface area contributed by atoms with Crippen LogP contribution in [-0.2, 0) is 0 Å². The number of hydrogen-bond acceptors (Lipinski definition) is 0. The molecule has 1 atom stereocenters. The molecule has 0 spiro atoms. The van der Waals surface area contributed by atoms with Crippen molar-refractivity contribution in [3.05, 3.63) is 5.56 Å². The lowest BCUT2D eigenvalue weighted by Gasteiger charge is -2.23. The molecule has 0 heterocycles. The van der Waals surface area contributed by atoms with Crippen LogP contribution in [0.25, 0.3) is 10.8 Å². The summed E-state index contributed by atoms with van der Waals surface area (Å²) < 4.78 is 0. The molecule has 0 bridgehead atoms. The van der Waals surface area contributed by atoms with Gasteiger partial charge in [-0.1, -0.05) is 22.0 Å². The molecule has 2 rings (SSSR count). The van der Waals surface area contributed by atoms with Gasteiger partial charge in [0.05, 0.1) is 0 Å². The minimum absolute atomic E-state index is 0.308. The highest BCUT2D eigenvalue weighted by atomic mass is 31.0. The van der Waals surface area contributed by atoms with E-state index in [0.717, 1.165) is 16.3 Å². The molecule has 18 heavy (non-hydrogen) atoms. The summed E-state index contributed by atoms with van der Waals surface area (Å²) in [4.78, 5) is 0. The molecule has 0 aliphatic rings. The van der Waals surface area contributed by atoms with Crippen molar-refractivity contribution in [3.8, 4) is 0 Å². The van der Waals surface area contributed by atoms with E-state index in [4.69, 9.17) is 47.1 Å². The van der Waals surface area contributed by atoms with Crippen molar-refractivity contribution in [3.63, 3.8) is 0 Å². The van der Waals surface area contributed by atoms with Gasteiger partial charge in [-0.2, -0.15) is 0 Å².